The minimum atomic E-state index is -4.31. The van der Waals surface area contributed by atoms with Crippen LogP contribution in [0.15, 0.2) is 21.5 Å². The molecule has 0 saturated carbocycles. The van der Waals surface area contributed by atoms with Crippen LogP contribution in [0.3, 0.4) is 0 Å². The summed E-state index contributed by atoms with van der Waals surface area (Å²) < 4.78 is 30.6. The van der Waals surface area contributed by atoms with Crippen LogP contribution in [0.1, 0.15) is 0 Å². The summed E-state index contributed by atoms with van der Waals surface area (Å²) in [6.45, 7) is 0. The Bertz CT molecular complexity index is 443. The van der Waals surface area contributed by atoms with Crippen molar-refractivity contribution in [3.05, 3.63) is 26.7 Å². The van der Waals surface area contributed by atoms with Gasteiger partial charge < -0.3 is 0 Å². The number of halogens is 3. The van der Waals surface area contributed by atoms with E-state index in [9.17, 15) is 8.42 Å². The van der Waals surface area contributed by atoms with E-state index in [-0.39, 0.29) is 10.0 Å². The monoisotopic (exact) mass is 304 g/mol. The van der Waals surface area contributed by atoms with Crippen LogP contribution in [0.2, 0.25) is 10.0 Å². The van der Waals surface area contributed by atoms with Crippen LogP contribution in [-0.2, 0) is 10.1 Å². The Balaban J connectivity index is 3.50. The number of rotatable bonds is 1. The lowest BCUT2D eigenvalue weighted by atomic mass is 10.4. The summed E-state index contributed by atoms with van der Waals surface area (Å²) >= 11 is 14.2. The Labute approximate surface area is 93.5 Å². The second-order valence-corrected chi connectivity index (χ2v) is 5.23. The summed E-state index contributed by atoms with van der Waals surface area (Å²) in [6, 6.07) is 2.37. The second-order valence-electron chi connectivity index (χ2n) is 2.17. The number of hydrogen-bond acceptors (Lipinski definition) is 2. The van der Waals surface area contributed by atoms with Crippen LogP contribution in [0.4, 0.5) is 0 Å². The Morgan fingerprint density at radius 3 is 2.23 bits per heavy atom. The first-order valence-corrected chi connectivity index (χ1v) is 5.93. The fourth-order valence-corrected chi connectivity index (χ4v) is 2.43. The smallest absolute Gasteiger partial charge is 0.282 e. The summed E-state index contributed by atoms with van der Waals surface area (Å²) in [5.74, 6) is 0. The van der Waals surface area contributed by atoms with E-state index >= 15 is 0 Å². The molecular formula is C6H3BrCl2O3S. The van der Waals surface area contributed by atoms with E-state index in [1.165, 1.54) is 6.07 Å². The van der Waals surface area contributed by atoms with Crippen molar-refractivity contribution in [2.24, 2.45) is 0 Å². The van der Waals surface area contributed by atoms with Crippen molar-refractivity contribution in [2.75, 3.05) is 0 Å². The molecule has 0 heterocycles. The molecule has 0 amide bonds. The van der Waals surface area contributed by atoms with Gasteiger partial charge in [-0.25, -0.2) is 0 Å². The molecule has 0 aliphatic rings. The van der Waals surface area contributed by atoms with Crippen LogP contribution in [0.25, 0.3) is 0 Å². The maximum Gasteiger partial charge on any atom is 0.296 e. The molecule has 0 atom stereocenters. The zero-order valence-electron chi connectivity index (χ0n) is 5.96. The highest BCUT2D eigenvalue weighted by atomic mass is 79.9. The molecule has 13 heavy (non-hydrogen) atoms. The molecule has 1 aromatic rings. The highest BCUT2D eigenvalue weighted by Gasteiger charge is 2.16. The van der Waals surface area contributed by atoms with Gasteiger partial charge >= 0.3 is 0 Å². The van der Waals surface area contributed by atoms with Gasteiger partial charge in [0, 0.05) is 4.47 Å². The first-order chi connectivity index (χ1) is 5.82. The molecule has 0 spiro atoms. The molecule has 0 fully saturated rings. The highest BCUT2D eigenvalue weighted by Crippen LogP contribution is 2.31. The molecule has 1 aromatic carbocycles. The van der Waals surface area contributed by atoms with Gasteiger partial charge in [0.1, 0.15) is 4.90 Å². The maximum absolute atomic E-state index is 10.7. The molecule has 1 rings (SSSR count). The first-order valence-electron chi connectivity index (χ1n) is 2.94. The maximum atomic E-state index is 10.7. The SMILES string of the molecule is O=S(=O)(O)c1cc(Cl)c(Br)cc1Cl. The molecule has 0 aliphatic heterocycles. The van der Waals surface area contributed by atoms with Gasteiger partial charge in [-0.2, -0.15) is 8.42 Å². The van der Waals surface area contributed by atoms with E-state index in [1.807, 2.05) is 0 Å². The van der Waals surface area contributed by atoms with Crippen molar-refractivity contribution in [2.45, 2.75) is 4.90 Å². The van der Waals surface area contributed by atoms with Gasteiger partial charge in [-0.3, -0.25) is 4.55 Å². The lowest BCUT2D eigenvalue weighted by Crippen LogP contribution is -1.98. The van der Waals surface area contributed by atoms with Crippen molar-refractivity contribution >= 4 is 49.2 Å². The third kappa shape index (κ3) is 2.57. The average molecular weight is 306 g/mol. The van der Waals surface area contributed by atoms with Crippen molar-refractivity contribution in [3.8, 4) is 0 Å². The van der Waals surface area contributed by atoms with E-state index in [2.05, 4.69) is 15.9 Å². The molecule has 0 bridgehead atoms. The third-order valence-electron chi connectivity index (χ3n) is 1.25. The molecule has 0 radical (unpaired) electrons. The van der Waals surface area contributed by atoms with E-state index in [4.69, 9.17) is 27.8 Å². The number of hydrogen-bond donors (Lipinski definition) is 1. The van der Waals surface area contributed by atoms with E-state index in [0.717, 1.165) is 6.07 Å². The molecule has 7 heteroatoms. The molecule has 72 valence electrons. The van der Waals surface area contributed by atoms with Crippen LogP contribution >= 0.6 is 39.1 Å². The van der Waals surface area contributed by atoms with Gasteiger partial charge in [0.25, 0.3) is 10.1 Å². The zero-order valence-corrected chi connectivity index (χ0v) is 9.87. The van der Waals surface area contributed by atoms with Crippen molar-refractivity contribution in [3.63, 3.8) is 0 Å². The molecular weight excluding hydrogens is 303 g/mol. The predicted molar refractivity (Wildman–Crippen MR) is 54.0 cm³/mol. The van der Waals surface area contributed by atoms with Gasteiger partial charge in [-0.1, -0.05) is 23.2 Å². The zero-order chi connectivity index (χ0) is 10.2. The summed E-state index contributed by atoms with van der Waals surface area (Å²) in [6.07, 6.45) is 0. The summed E-state index contributed by atoms with van der Waals surface area (Å²) in [5.41, 5.74) is 0. The lowest BCUT2D eigenvalue weighted by Gasteiger charge is -2.02. The molecule has 3 nitrogen and oxygen atoms in total. The Morgan fingerprint density at radius 2 is 1.77 bits per heavy atom. The fourth-order valence-electron chi connectivity index (χ4n) is 0.702. The molecule has 1 N–H and O–H groups in total. The van der Waals surface area contributed by atoms with Crippen molar-refractivity contribution in [1.29, 1.82) is 0 Å². The standard InChI is InChI=1S/C6H3BrCl2O3S/c7-3-1-5(9)6(2-4(3)8)13(10,11)12/h1-2H,(H,10,11,12). The van der Waals surface area contributed by atoms with E-state index < -0.39 is 15.0 Å². The predicted octanol–water partition coefficient (Wildman–Crippen LogP) is 3.00. The summed E-state index contributed by atoms with van der Waals surface area (Å²) in [4.78, 5) is -0.401. The topological polar surface area (TPSA) is 54.4 Å². The highest BCUT2D eigenvalue weighted by molar-refractivity contribution is 9.10. The van der Waals surface area contributed by atoms with Gasteiger partial charge in [0.2, 0.25) is 0 Å². The summed E-state index contributed by atoms with van der Waals surface area (Å²) in [7, 11) is -4.31. The largest absolute Gasteiger partial charge is 0.296 e. The van der Waals surface area contributed by atoms with Gasteiger partial charge in [-0.15, -0.1) is 0 Å². The van der Waals surface area contributed by atoms with Gasteiger partial charge in [0.05, 0.1) is 10.0 Å². The van der Waals surface area contributed by atoms with Crippen molar-refractivity contribution in [1.82, 2.24) is 0 Å². The third-order valence-corrected chi connectivity index (χ3v) is 3.77. The van der Waals surface area contributed by atoms with Crippen LogP contribution in [-0.4, -0.2) is 13.0 Å². The normalized spacial score (nSPS) is 11.7. The van der Waals surface area contributed by atoms with Gasteiger partial charge in [0.15, 0.2) is 0 Å². The minimum absolute atomic E-state index is 0.0845. The van der Waals surface area contributed by atoms with E-state index in [0.29, 0.717) is 4.47 Å². The second kappa shape index (κ2) is 3.74. The Morgan fingerprint density at radius 1 is 1.23 bits per heavy atom. The first kappa shape index (κ1) is 11.3. The average Bonchev–Trinajstić information content (AvgIpc) is 1.94. The van der Waals surface area contributed by atoms with E-state index in [1.54, 1.807) is 0 Å². The molecule has 0 aromatic heterocycles. The fraction of sp³-hybridized carbons (Fsp3) is 0. The minimum Gasteiger partial charge on any atom is -0.282 e. The molecule has 0 saturated heterocycles. The Kier molecular flexibility index (Phi) is 3.24. The van der Waals surface area contributed by atoms with Crippen LogP contribution < -0.4 is 0 Å². The van der Waals surface area contributed by atoms with Gasteiger partial charge in [-0.05, 0) is 28.1 Å². The lowest BCUT2D eigenvalue weighted by molar-refractivity contribution is 0.483. The van der Waals surface area contributed by atoms with Crippen LogP contribution in [0, 0.1) is 0 Å². The quantitative estimate of drug-likeness (QED) is 0.641. The molecule has 0 unspecified atom stereocenters. The molecule has 0 aliphatic carbocycles. The Hall–Kier alpha value is 0.190. The van der Waals surface area contributed by atoms with Crippen LogP contribution in [0.5, 0.6) is 0 Å². The summed E-state index contributed by atoms with van der Waals surface area (Å²) in [5, 5.41) is 0.0794. The van der Waals surface area contributed by atoms with Crippen molar-refractivity contribution < 1.29 is 13.0 Å². The number of benzene rings is 1.